The Morgan fingerprint density at radius 2 is 0.964 bits per heavy atom. The average Bonchev–Trinajstić information content (AvgIpc) is 2.74. The number of fused-ring (bicyclic) bond motifs is 6. The highest BCUT2D eigenvalue weighted by Crippen LogP contribution is 2.34. The van der Waals surface area contributed by atoms with Crippen molar-refractivity contribution >= 4 is 59.9 Å². The van der Waals surface area contributed by atoms with Gasteiger partial charge in [0, 0.05) is 0 Å². The molecule has 130 valence electrons. The van der Waals surface area contributed by atoms with Gasteiger partial charge in [0.2, 0.25) is 0 Å². The summed E-state index contributed by atoms with van der Waals surface area (Å²) >= 11 is 0. The summed E-state index contributed by atoms with van der Waals surface area (Å²) in [6.07, 6.45) is 1.95. The Bertz CT molecular complexity index is 1570. The second-order valence-corrected chi connectivity index (χ2v) is 7.53. The summed E-state index contributed by atoms with van der Waals surface area (Å²) in [5.74, 6) is 0. The fourth-order valence-corrected chi connectivity index (χ4v) is 4.48. The quantitative estimate of drug-likeness (QED) is 0.207. The van der Waals surface area contributed by atoms with E-state index in [1.54, 1.807) is 0 Å². The highest BCUT2D eigenvalue weighted by atomic mass is 14.1. The summed E-state index contributed by atoms with van der Waals surface area (Å²) in [5, 5.41) is 12.8. The van der Waals surface area contributed by atoms with Crippen molar-refractivity contribution < 1.29 is 0 Å². The molecule has 0 aliphatic heterocycles. The van der Waals surface area contributed by atoms with E-state index in [9.17, 15) is 0 Å². The fraction of sp³-hybridized carbons (Fsp3) is 0. The Hall–Kier alpha value is -3.64. The Labute approximate surface area is 163 Å². The summed E-state index contributed by atoms with van der Waals surface area (Å²) in [5.41, 5.74) is 1.18. The van der Waals surface area contributed by atoms with Gasteiger partial charge < -0.3 is 0 Å². The molecular weight excluding hydrogens is 336 g/mol. The van der Waals surface area contributed by atoms with Crippen LogP contribution in [-0.4, -0.2) is 0 Å². The van der Waals surface area contributed by atoms with Crippen LogP contribution in [0.15, 0.2) is 97.6 Å². The Balaban J connectivity index is 1.77. The van der Waals surface area contributed by atoms with Gasteiger partial charge in [-0.05, 0) is 95.8 Å². The predicted molar refractivity (Wildman–Crippen MR) is 124 cm³/mol. The lowest BCUT2D eigenvalue weighted by atomic mass is 9.94. The first-order valence-electron chi connectivity index (χ1n) is 9.64. The maximum absolute atomic E-state index is 3.99. The first-order chi connectivity index (χ1) is 13.8. The molecule has 0 unspecified atom stereocenters. The van der Waals surface area contributed by atoms with Gasteiger partial charge in [-0.2, -0.15) is 0 Å². The van der Waals surface area contributed by atoms with Gasteiger partial charge in [0.1, 0.15) is 0 Å². The molecular formula is C28H18. The number of benzene rings is 6. The summed E-state index contributed by atoms with van der Waals surface area (Å²) in [4.78, 5) is 0. The molecule has 0 amide bonds. The third-order valence-electron chi connectivity index (χ3n) is 5.91. The van der Waals surface area contributed by atoms with Crippen LogP contribution in [0.25, 0.3) is 59.9 Å². The van der Waals surface area contributed by atoms with Crippen molar-refractivity contribution in [3.8, 4) is 0 Å². The molecule has 0 fully saturated rings. The standard InChI is InChI=1S/C28H18/c1-2-18-8-5-9-21-14-22-10-11-23-15-24-12-19-6-3-4-7-20(19)13-25(24)16-27(23)28(22)17-26(18)21/h2-17H,1H2. The molecule has 6 rings (SSSR count). The zero-order valence-electron chi connectivity index (χ0n) is 15.4. The van der Waals surface area contributed by atoms with Crippen molar-refractivity contribution in [2.24, 2.45) is 0 Å². The van der Waals surface area contributed by atoms with Gasteiger partial charge in [-0.3, -0.25) is 0 Å². The van der Waals surface area contributed by atoms with Crippen LogP contribution in [0, 0.1) is 0 Å². The van der Waals surface area contributed by atoms with Crippen molar-refractivity contribution in [3.05, 3.63) is 103 Å². The molecule has 0 radical (unpaired) electrons. The van der Waals surface area contributed by atoms with Crippen molar-refractivity contribution in [2.75, 3.05) is 0 Å². The van der Waals surface area contributed by atoms with Crippen LogP contribution in [0.5, 0.6) is 0 Å². The molecule has 0 aliphatic rings. The lowest BCUT2D eigenvalue weighted by molar-refractivity contribution is 1.75. The zero-order valence-corrected chi connectivity index (χ0v) is 15.4. The topological polar surface area (TPSA) is 0 Å². The minimum atomic E-state index is 1.18. The molecule has 0 heteroatoms. The second-order valence-electron chi connectivity index (χ2n) is 7.53. The summed E-state index contributed by atoms with van der Waals surface area (Å²) < 4.78 is 0. The molecule has 0 aliphatic carbocycles. The SMILES string of the molecule is C=Cc1cccc2cc3ccc4cc5cc6ccccc6cc5cc4c3cc12. The molecule has 0 atom stereocenters. The van der Waals surface area contributed by atoms with Crippen molar-refractivity contribution in [3.63, 3.8) is 0 Å². The van der Waals surface area contributed by atoms with Gasteiger partial charge in [0.15, 0.2) is 0 Å². The van der Waals surface area contributed by atoms with E-state index in [0.29, 0.717) is 0 Å². The Morgan fingerprint density at radius 3 is 1.68 bits per heavy atom. The van der Waals surface area contributed by atoms with E-state index in [2.05, 4.69) is 97.6 Å². The molecule has 0 heterocycles. The third kappa shape index (κ3) is 2.18. The molecule has 0 spiro atoms. The first-order valence-corrected chi connectivity index (χ1v) is 9.64. The van der Waals surface area contributed by atoms with Gasteiger partial charge in [0.05, 0.1) is 0 Å². The molecule has 28 heavy (non-hydrogen) atoms. The minimum absolute atomic E-state index is 1.18. The molecule has 6 aromatic carbocycles. The third-order valence-corrected chi connectivity index (χ3v) is 5.91. The Kier molecular flexibility index (Phi) is 3.13. The van der Waals surface area contributed by atoms with Gasteiger partial charge in [-0.15, -0.1) is 0 Å². The van der Waals surface area contributed by atoms with Crippen LogP contribution in [0.3, 0.4) is 0 Å². The molecule has 0 saturated carbocycles. The van der Waals surface area contributed by atoms with E-state index in [4.69, 9.17) is 0 Å². The molecule has 0 N–H and O–H groups in total. The van der Waals surface area contributed by atoms with E-state index in [1.807, 2.05) is 6.08 Å². The van der Waals surface area contributed by atoms with Crippen LogP contribution in [0.4, 0.5) is 0 Å². The number of hydrogen-bond donors (Lipinski definition) is 0. The van der Waals surface area contributed by atoms with Gasteiger partial charge >= 0.3 is 0 Å². The number of rotatable bonds is 1. The molecule has 0 saturated heterocycles. The Morgan fingerprint density at radius 1 is 0.429 bits per heavy atom. The zero-order chi connectivity index (χ0) is 18.7. The molecule has 0 bridgehead atoms. The highest BCUT2D eigenvalue weighted by molar-refractivity contribution is 6.16. The van der Waals surface area contributed by atoms with Gasteiger partial charge in [-0.1, -0.05) is 67.3 Å². The fourth-order valence-electron chi connectivity index (χ4n) is 4.48. The lowest BCUT2D eigenvalue weighted by Gasteiger charge is -2.10. The van der Waals surface area contributed by atoms with E-state index < -0.39 is 0 Å². The summed E-state index contributed by atoms with van der Waals surface area (Å²) in [6.45, 7) is 3.99. The van der Waals surface area contributed by atoms with Crippen LogP contribution < -0.4 is 0 Å². The second kappa shape index (κ2) is 5.68. The average molecular weight is 354 g/mol. The normalized spacial score (nSPS) is 11.7. The maximum atomic E-state index is 3.99. The highest BCUT2D eigenvalue weighted by Gasteiger charge is 2.07. The van der Waals surface area contributed by atoms with Crippen LogP contribution in [0.2, 0.25) is 0 Å². The first kappa shape index (κ1) is 15.4. The van der Waals surface area contributed by atoms with Gasteiger partial charge in [0.25, 0.3) is 0 Å². The summed E-state index contributed by atoms with van der Waals surface area (Å²) in [7, 11) is 0. The molecule has 0 nitrogen and oxygen atoms in total. The maximum Gasteiger partial charge on any atom is -0.00986 e. The minimum Gasteiger partial charge on any atom is -0.0984 e. The van der Waals surface area contributed by atoms with E-state index in [-0.39, 0.29) is 0 Å². The predicted octanol–water partition coefficient (Wildman–Crippen LogP) is 8.10. The van der Waals surface area contributed by atoms with E-state index in [1.165, 1.54) is 59.4 Å². The van der Waals surface area contributed by atoms with Crippen LogP contribution in [-0.2, 0) is 0 Å². The van der Waals surface area contributed by atoms with Crippen molar-refractivity contribution in [1.82, 2.24) is 0 Å². The van der Waals surface area contributed by atoms with Crippen LogP contribution in [0.1, 0.15) is 5.56 Å². The lowest BCUT2D eigenvalue weighted by Crippen LogP contribution is -1.84. The molecule has 6 aromatic rings. The smallest absolute Gasteiger partial charge is 0.00986 e. The van der Waals surface area contributed by atoms with Crippen molar-refractivity contribution in [1.29, 1.82) is 0 Å². The molecule has 0 aromatic heterocycles. The summed E-state index contributed by atoms with van der Waals surface area (Å²) in [6, 6.07) is 33.4. The van der Waals surface area contributed by atoms with Crippen LogP contribution >= 0.6 is 0 Å². The van der Waals surface area contributed by atoms with Gasteiger partial charge in [-0.25, -0.2) is 0 Å². The monoisotopic (exact) mass is 354 g/mol. The van der Waals surface area contributed by atoms with Crippen molar-refractivity contribution in [2.45, 2.75) is 0 Å². The number of hydrogen-bond acceptors (Lipinski definition) is 0. The largest absolute Gasteiger partial charge is 0.0984 e. The van der Waals surface area contributed by atoms with E-state index in [0.717, 1.165) is 0 Å². The van der Waals surface area contributed by atoms with E-state index >= 15 is 0 Å².